The van der Waals surface area contributed by atoms with E-state index in [0.29, 0.717) is 24.2 Å². The number of rotatable bonds is 5. The number of carboxylic acids is 2. The molecule has 0 radical (unpaired) electrons. The van der Waals surface area contributed by atoms with Crippen molar-refractivity contribution in [1.29, 1.82) is 0 Å². The van der Waals surface area contributed by atoms with Crippen LogP contribution in [0.5, 0.6) is 0 Å². The maximum absolute atomic E-state index is 12.5. The highest BCUT2D eigenvalue weighted by Crippen LogP contribution is 2.29. The summed E-state index contributed by atoms with van der Waals surface area (Å²) in [5.74, 6) is -1.72. The predicted molar refractivity (Wildman–Crippen MR) is 98.8 cm³/mol. The SMILES string of the molecule is CC1CC/C(=C\Nc2ccc(CC(=O)O)cc2)c2ncc(C(=O)O)c(=O)n21. The topological polar surface area (TPSA) is 122 Å². The van der Waals surface area contributed by atoms with E-state index in [1.807, 2.05) is 6.92 Å². The summed E-state index contributed by atoms with van der Waals surface area (Å²) in [6.07, 6.45) is 4.21. The van der Waals surface area contributed by atoms with Gasteiger partial charge in [0.25, 0.3) is 5.56 Å². The van der Waals surface area contributed by atoms with Gasteiger partial charge in [-0.2, -0.15) is 0 Å². The molecular formula is C19H19N3O5. The number of aromatic nitrogens is 2. The molecule has 0 spiro atoms. The van der Waals surface area contributed by atoms with Gasteiger partial charge in [0, 0.05) is 29.7 Å². The molecule has 2 heterocycles. The van der Waals surface area contributed by atoms with Crippen LogP contribution in [0, 0.1) is 0 Å². The van der Waals surface area contributed by atoms with Gasteiger partial charge in [-0.1, -0.05) is 12.1 Å². The molecule has 0 saturated heterocycles. The second kappa shape index (κ2) is 7.45. The van der Waals surface area contributed by atoms with E-state index in [1.165, 1.54) is 4.57 Å². The van der Waals surface area contributed by atoms with Gasteiger partial charge in [-0.15, -0.1) is 0 Å². The summed E-state index contributed by atoms with van der Waals surface area (Å²) in [6, 6.07) is 6.87. The molecule has 1 aromatic carbocycles. The van der Waals surface area contributed by atoms with Crippen molar-refractivity contribution < 1.29 is 19.8 Å². The number of hydrogen-bond donors (Lipinski definition) is 3. The van der Waals surface area contributed by atoms with E-state index in [9.17, 15) is 14.4 Å². The third kappa shape index (κ3) is 3.89. The molecule has 1 aromatic heterocycles. The van der Waals surface area contributed by atoms with Crippen molar-refractivity contribution in [3.05, 3.63) is 64.0 Å². The van der Waals surface area contributed by atoms with Crippen molar-refractivity contribution >= 4 is 23.2 Å². The van der Waals surface area contributed by atoms with Gasteiger partial charge >= 0.3 is 11.9 Å². The summed E-state index contributed by atoms with van der Waals surface area (Å²) in [5.41, 5.74) is 1.38. The molecule has 0 aliphatic carbocycles. The lowest BCUT2D eigenvalue weighted by Crippen LogP contribution is -2.34. The number of aromatic carboxylic acids is 1. The molecule has 1 atom stereocenters. The first-order valence-electron chi connectivity index (χ1n) is 8.48. The number of nitrogens with zero attached hydrogens (tertiary/aromatic N) is 2. The third-order valence-corrected chi connectivity index (χ3v) is 4.51. The van der Waals surface area contributed by atoms with E-state index in [0.717, 1.165) is 17.5 Å². The maximum atomic E-state index is 12.5. The van der Waals surface area contributed by atoms with Crippen LogP contribution in [0.2, 0.25) is 0 Å². The van der Waals surface area contributed by atoms with Crippen molar-refractivity contribution in [3.63, 3.8) is 0 Å². The second-order valence-corrected chi connectivity index (χ2v) is 6.44. The summed E-state index contributed by atoms with van der Waals surface area (Å²) < 4.78 is 1.43. The largest absolute Gasteiger partial charge is 0.481 e. The number of nitrogens with one attached hydrogen (secondary N) is 1. The lowest BCUT2D eigenvalue weighted by atomic mass is 10.0. The van der Waals surface area contributed by atoms with Crippen molar-refractivity contribution in [3.8, 4) is 0 Å². The Balaban J connectivity index is 1.87. The minimum atomic E-state index is -1.29. The van der Waals surface area contributed by atoms with Crippen molar-refractivity contribution in [2.75, 3.05) is 5.32 Å². The van der Waals surface area contributed by atoms with Crippen LogP contribution >= 0.6 is 0 Å². The Bertz CT molecular complexity index is 976. The van der Waals surface area contributed by atoms with Crippen molar-refractivity contribution in [1.82, 2.24) is 9.55 Å². The van der Waals surface area contributed by atoms with Crippen LogP contribution in [-0.2, 0) is 11.2 Å². The zero-order valence-electron chi connectivity index (χ0n) is 14.7. The van der Waals surface area contributed by atoms with Crippen LogP contribution < -0.4 is 10.9 Å². The standard InChI is InChI=1S/C19H19N3O5/c1-11-2-5-13(17-21-10-15(19(26)27)18(25)22(11)17)9-20-14-6-3-12(4-7-14)8-16(23)24/h3-4,6-7,9-11,20H,2,5,8H2,1H3,(H,23,24)(H,26,27)/b13-9+. The lowest BCUT2D eigenvalue weighted by molar-refractivity contribution is -0.136. The highest BCUT2D eigenvalue weighted by molar-refractivity contribution is 5.87. The molecule has 8 heteroatoms. The van der Waals surface area contributed by atoms with Gasteiger partial charge in [0.1, 0.15) is 11.4 Å². The van der Waals surface area contributed by atoms with Crippen LogP contribution in [0.3, 0.4) is 0 Å². The van der Waals surface area contributed by atoms with Gasteiger partial charge in [0.05, 0.1) is 6.42 Å². The Labute approximate surface area is 154 Å². The first kappa shape index (κ1) is 18.4. The molecule has 0 amide bonds. The van der Waals surface area contributed by atoms with E-state index >= 15 is 0 Å². The monoisotopic (exact) mass is 369 g/mol. The molecule has 1 unspecified atom stereocenters. The van der Waals surface area contributed by atoms with Crippen molar-refractivity contribution in [2.45, 2.75) is 32.2 Å². The fourth-order valence-corrected chi connectivity index (χ4v) is 3.07. The minimum absolute atomic E-state index is 0.0363. The van der Waals surface area contributed by atoms with Crippen molar-refractivity contribution in [2.24, 2.45) is 0 Å². The van der Waals surface area contributed by atoms with Gasteiger partial charge < -0.3 is 15.5 Å². The average Bonchev–Trinajstić information content (AvgIpc) is 2.61. The summed E-state index contributed by atoms with van der Waals surface area (Å²) in [6.45, 7) is 1.86. The van der Waals surface area contributed by atoms with Gasteiger partial charge in [-0.25, -0.2) is 9.78 Å². The zero-order valence-corrected chi connectivity index (χ0v) is 14.7. The fourth-order valence-electron chi connectivity index (χ4n) is 3.07. The highest BCUT2D eigenvalue weighted by atomic mass is 16.4. The van der Waals surface area contributed by atoms with Gasteiger partial charge in [0.2, 0.25) is 0 Å². The molecule has 1 aliphatic heterocycles. The number of carbonyl (C=O) groups is 2. The first-order chi connectivity index (χ1) is 12.9. The summed E-state index contributed by atoms with van der Waals surface area (Å²) in [4.78, 5) is 38.6. The van der Waals surface area contributed by atoms with E-state index in [1.54, 1.807) is 30.5 Å². The van der Waals surface area contributed by atoms with Crippen LogP contribution in [0.15, 0.2) is 41.5 Å². The van der Waals surface area contributed by atoms with Crippen LogP contribution in [0.4, 0.5) is 5.69 Å². The summed E-state index contributed by atoms with van der Waals surface area (Å²) >= 11 is 0. The molecule has 3 rings (SSSR count). The number of allylic oxidation sites excluding steroid dienone is 1. The smallest absolute Gasteiger partial charge is 0.342 e. The predicted octanol–water partition coefficient (Wildman–Crippen LogP) is 2.38. The van der Waals surface area contributed by atoms with E-state index in [2.05, 4.69) is 10.3 Å². The van der Waals surface area contributed by atoms with Crippen LogP contribution in [0.1, 0.15) is 47.6 Å². The normalized spacial score (nSPS) is 17.4. The highest BCUT2D eigenvalue weighted by Gasteiger charge is 2.25. The second-order valence-electron chi connectivity index (χ2n) is 6.44. The third-order valence-electron chi connectivity index (χ3n) is 4.51. The molecular weight excluding hydrogens is 350 g/mol. The molecule has 0 saturated carbocycles. The molecule has 27 heavy (non-hydrogen) atoms. The number of carboxylic acid groups (broad SMARTS) is 2. The molecule has 1 aliphatic rings. The Morgan fingerprint density at radius 3 is 2.63 bits per heavy atom. The number of fused-ring (bicyclic) bond motifs is 1. The number of benzene rings is 1. The maximum Gasteiger partial charge on any atom is 0.342 e. The molecule has 0 fully saturated rings. The Hall–Kier alpha value is -3.42. The Morgan fingerprint density at radius 1 is 1.30 bits per heavy atom. The van der Waals surface area contributed by atoms with E-state index in [-0.39, 0.29) is 18.0 Å². The summed E-state index contributed by atoms with van der Waals surface area (Å²) in [5, 5.41) is 21.1. The minimum Gasteiger partial charge on any atom is -0.481 e. The van der Waals surface area contributed by atoms with Crippen LogP contribution in [-0.4, -0.2) is 31.7 Å². The van der Waals surface area contributed by atoms with E-state index in [4.69, 9.17) is 10.2 Å². The molecule has 8 nitrogen and oxygen atoms in total. The number of aliphatic carboxylic acids is 1. The number of hydrogen-bond acceptors (Lipinski definition) is 5. The number of anilines is 1. The average molecular weight is 369 g/mol. The van der Waals surface area contributed by atoms with Gasteiger partial charge in [-0.3, -0.25) is 14.2 Å². The fraction of sp³-hybridized carbons (Fsp3) is 0.263. The lowest BCUT2D eigenvalue weighted by Gasteiger charge is -2.26. The molecule has 2 aromatic rings. The first-order valence-corrected chi connectivity index (χ1v) is 8.48. The molecule has 0 bridgehead atoms. The van der Waals surface area contributed by atoms with Gasteiger partial charge in [0.15, 0.2) is 0 Å². The Morgan fingerprint density at radius 2 is 2.00 bits per heavy atom. The molecule has 3 N–H and O–H groups in total. The quantitative estimate of drug-likeness (QED) is 0.739. The van der Waals surface area contributed by atoms with Crippen LogP contribution in [0.25, 0.3) is 5.57 Å². The zero-order chi connectivity index (χ0) is 19.6. The van der Waals surface area contributed by atoms with E-state index < -0.39 is 17.5 Å². The Kier molecular flexibility index (Phi) is 5.07. The summed E-state index contributed by atoms with van der Waals surface area (Å²) in [7, 11) is 0. The molecule has 140 valence electrons. The van der Waals surface area contributed by atoms with Gasteiger partial charge in [-0.05, 0) is 37.5 Å².